The monoisotopic (exact) mass is 569 g/mol. The van der Waals surface area contributed by atoms with E-state index in [1.807, 2.05) is 13.0 Å². The van der Waals surface area contributed by atoms with Gasteiger partial charge >= 0.3 is 5.97 Å². The summed E-state index contributed by atoms with van der Waals surface area (Å²) in [5, 5.41) is 12.4. The molecule has 202 valence electrons. The van der Waals surface area contributed by atoms with E-state index < -0.39 is 21.9 Å². The minimum absolute atomic E-state index is 0.00278. The molecule has 3 aromatic carbocycles. The number of hydrogen-bond acceptors (Lipinski definition) is 8. The van der Waals surface area contributed by atoms with Crippen LogP contribution in [-0.2, 0) is 14.8 Å². The molecule has 0 aromatic heterocycles. The molecule has 1 N–H and O–H groups in total. The molecule has 0 unspecified atom stereocenters. The number of anilines is 2. The molecule has 0 bridgehead atoms. The van der Waals surface area contributed by atoms with Crippen molar-refractivity contribution in [3.63, 3.8) is 0 Å². The Kier molecular flexibility index (Phi) is 8.28. The summed E-state index contributed by atoms with van der Waals surface area (Å²) in [6, 6.07) is 14.9. The fraction of sp³-hybridized carbons (Fsp3) is 0.222. The van der Waals surface area contributed by atoms with E-state index in [2.05, 4.69) is 5.32 Å². The molecule has 1 heterocycles. The van der Waals surface area contributed by atoms with Crippen molar-refractivity contribution in [3.05, 3.63) is 76.3 Å². The van der Waals surface area contributed by atoms with Crippen molar-refractivity contribution in [1.29, 1.82) is 5.26 Å². The molecule has 3 aromatic rings. The van der Waals surface area contributed by atoms with E-state index in [1.54, 1.807) is 0 Å². The van der Waals surface area contributed by atoms with Crippen LogP contribution in [0.25, 0.3) is 0 Å². The minimum atomic E-state index is -4.14. The molecule has 0 atom stereocenters. The van der Waals surface area contributed by atoms with Gasteiger partial charge < -0.3 is 19.5 Å². The summed E-state index contributed by atoms with van der Waals surface area (Å²) in [5.74, 6) is -0.786. The lowest BCUT2D eigenvalue weighted by atomic mass is 10.1. The zero-order valence-corrected chi connectivity index (χ0v) is 22.6. The number of hydrogen-bond donors (Lipinski definition) is 1. The fourth-order valence-electron chi connectivity index (χ4n) is 3.92. The lowest BCUT2D eigenvalue weighted by Gasteiger charge is -2.31. The second-order valence-corrected chi connectivity index (χ2v) is 10.6. The Morgan fingerprint density at radius 2 is 1.95 bits per heavy atom. The quantitative estimate of drug-likeness (QED) is 0.388. The molecule has 12 heteroatoms. The van der Waals surface area contributed by atoms with Crippen molar-refractivity contribution >= 4 is 44.9 Å². The molecular formula is C27H24ClN3O7S. The summed E-state index contributed by atoms with van der Waals surface area (Å²) >= 11 is 6.07. The van der Waals surface area contributed by atoms with Gasteiger partial charge in [-0.15, -0.1) is 0 Å². The number of esters is 1. The van der Waals surface area contributed by atoms with Gasteiger partial charge in [0.25, 0.3) is 15.9 Å². The highest BCUT2D eigenvalue weighted by atomic mass is 35.5. The number of nitrogens with one attached hydrogen (secondary N) is 1. The van der Waals surface area contributed by atoms with Gasteiger partial charge in [0.1, 0.15) is 29.1 Å². The summed E-state index contributed by atoms with van der Waals surface area (Å²) in [5.41, 5.74) is 0.712. The van der Waals surface area contributed by atoms with E-state index in [-0.39, 0.29) is 69.2 Å². The van der Waals surface area contributed by atoms with Gasteiger partial charge in [0.2, 0.25) is 0 Å². The van der Waals surface area contributed by atoms with Crippen LogP contribution in [0.5, 0.6) is 11.5 Å². The Morgan fingerprint density at radius 3 is 2.67 bits per heavy atom. The number of carbonyl (C=O) groups is 2. The van der Waals surface area contributed by atoms with Crippen molar-refractivity contribution < 1.29 is 32.2 Å². The number of rotatable bonds is 8. The topological polar surface area (TPSA) is 135 Å². The Labute approximate surface area is 230 Å². The summed E-state index contributed by atoms with van der Waals surface area (Å²) in [6.45, 7) is 2.18. The zero-order valence-electron chi connectivity index (χ0n) is 21.1. The third-order valence-electron chi connectivity index (χ3n) is 5.79. The Hall–Kier alpha value is -4.27. The molecule has 1 amide bonds. The van der Waals surface area contributed by atoms with Crippen LogP contribution in [0.2, 0.25) is 5.02 Å². The van der Waals surface area contributed by atoms with Gasteiger partial charge in [-0.25, -0.2) is 13.2 Å². The number of nitrogens with zero attached hydrogens (tertiary/aromatic N) is 2. The van der Waals surface area contributed by atoms with Gasteiger partial charge in [-0.2, -0.15) is 5.26 Å². The molecular weight excluding hydrogens is 546 g/mol. The number of carbonyl (C=O) groups excluding carboxylic acids is 2. The number of methoxy groups -OCH3 is 1. The van der Waals surface area contributed by atoms with Crippen molar-refractivity contribution in [1.82, 2.24) is 0 Å². The largest absolute Gasteiger partial charge is 0.495 e. The smallest absolute Gasteiger partial charge is 0.339 e. The van der Waals surface area contributed by atoms with E-state index in [4.69, 9.17) is 25.8 Å². The van der Waals surface area contributed by atoms with Crippen LogP contribution in [0.1, 0.15) is 39.6 Å². The molecule has 1 aliphatic heterocycles. The minimum Gasteiger partial charge on any atom is -0.495 e. The number of nitriles is 1. The summed E-state index contributed by atoms with van der Waals surface area (Å²) in [7, 11) is -2.78. The van der Waals surface area contributed by atoms with Crippen LogP contribution in [0, 0.1) is 11.3 Å². The summed E-state index contributed by atoms with van der Waals surface area (Å²) in [6.07, 6.45) is 0.638. The molecule has 1 aliphatic rings. The molecule has 0 saturated carbocycles. The Bertz CT molecular complexity index is 1580. The van der Waals surface area contributed by atoms with E-state index in [9.17, 15) is 23.3 Å². The molecule has 0 fully saturated rings. The van der Waals surface area contributed by atoms with E-state index in [0.717, 1.165) is 4.31 Å². The molecule has 10 nitrogen and oxygen atoms in total. The molecule has 39 heavy (non-hydrogen) atoms. The first-order valence-electron chi connectivity index (χ1n) is 11.8. The number of halogens is 1. The number of benzene rings is 3. The highest BCUT2D eigenvalue weighted by molar-refractivity contribution is 7.93. The third kappa shape index (κ3) is 5.77. The average molecular weight is 570 g/mol. The predicted molar refractivity (Wildman–Crippen MR) is 144 cm³/mol. The maximum atomic E-state index is 13.6. The number of sulfonamides is 1. The van der Waals surface area contributed by atoms with Crippen LogP contribution >= 0.6 is 11.6 Å². The lowest BCUT2D eigenvalue weighted by molar-refractivity contribution is 0.0504. The molecule has 0 aliphatic carbocycles. The van der Waals surface area contributed by atoms with Gasteiger partial charge in [-0.3, -0.25) is 9.10 Å². The number of fused-ring (bicyclic) bond motifs is 1. The Morgan fingerprint density at radius 1 is 1.15 bits per heavy atom. The second-order valence-electron chi connectivity index (χ2n) is 8.37. The zero-order chi connectivity index (χ0) is 28.2. The highest BCUT2D eigenvalue weighted by Gasteiger charge is 2.33. The molecule has 4 rings (SSSR count). The van der Waals surface area contributed by atoms with Crippen LogP contribution in [0.3, 0.4) is 0 Å². The number of ether oxygens (including phenoxy) is 3. The maximum absolute atomic E-state index is 13.6. The molecule has 0 spiro atoms. The van der Waals surface area contributed by atoms with Gasteiger partial charge in [-0.05, 0) is 61.0 Å². The number of amides is 1. The van der Waals surface area contributed by atoms with E-state index in [1.165, 1.54) is 61.7 Å². The second kappa shape index (κ2) is 11.6. The van der Waals surface area contributed by atoms with Crippen molar-refractivity contribution in [2.75, 3.05) is 36.5 Å². The van der Waals surface area contributed by atoms with Crippen LogP contribution < -0.4 is 19.1 Å². The standard InChI is InChI=1S/C27H24ClN3O7S/c1-3-11-38-27(33)21-7-6-20(13-18(21)16-29)30-26(32)17-4-8-23-22(14-17)31(10-12-37-23)39(34,35)25-15-19(28)5-9-24(25)36-2/h4-9,13-15H,3,10-12H2,1-2H3,(H,30,32). The van der Waals surface area contributed by atoms with Crippen molar-refractivity contribution in [3.8, 4) is 17.6 Å². The van der Waals surface area contributed by atoms with Gasteiger partial charge in [0, 0.05) is 16.3 Å². The first kappa shape index (κ1) is 27.8. The lowest BCUT2D eigenvalue weighted by Crippen LogP contribution is -2.38. The van der Waals surface area contributed by atoms with Crippen LogP contribution in [0.4, 0.5) is 11.4 Å². The average Bonchev–Trinajstić information content (AvgIpc) is 2.95. The summed E-state index contributed by atoms with van der Waals surface area (Å²) < 4.78 is 44.4. The third-order valence-corrected chi connectivity index (χ3v) is 7.86. The van der Waals surface area contributed by atoms with Crippen molar-refractivity contribution in [2.45, 2.75) is 18.2 Å². The SMILES string of the molecule is CCCOC(=O)c1ccc(NC(=O)c2ccc3c(c2)N(S(=O)(=O)c2cc(Cl)ccc2OC)CCO3)cc1C#N. The van der Waals surface area contributed by atoms with Crippen LogP contribution in [-0.4, -0.2) is 47.2 Å². The maximum Gasteiger partial charge on any atom is 0.339 e. The van der Waals surface area contributed by atoms with E-state index in [0.29, 0.717) is 6.42 Å². The van der Waals surface area contributed by atoms with Crippen LogP contribution in [0.15, 0.2) is 59.5 Å². The van der Waals surface area contributed by atoms with E-state index >= 15 is 0 Å². The summed E-state index contributed by atoms with van der Waals surface area (Å²) in [4.78, 5) is 25.2. The van der Waals surface area contributed by atoms with Gasteiger partial charge in [-0.1, -0.05) is 18.5 Å². The highest BCUT2D eigenvalue weighted by Crippen LogP contribution is 2.39. The van der Waals surface area contributed by atoms with Gasteiger partial charge in [0.15, 0.2) is 0 Å². The Balaban J connectivity index is 1.63. The van der Waals surface area contributed by atoms with Gasteiger partial charge in [0.05, 0.1) is 37.1 Å². The normalized spacial score (nSPS) is 12.5. The fourth-order valence-corrected chi connectivity index (χ4v) is 5.80. The molecule has 0 saturated heterocycles. The first-order chi connectivity index (χ1) is 18.7. The molecule has 0 radical (unpaired) electrons. The van der Waals surface area contributed by atoms with Crippen molar-refractivity contribution in [2.24, 2.45) is 0 Å². The predicted octanol–water partition coefficient (Wildman–Crippen LogP) is 4.63. The first-order valence-corrected chi connectivity index (χ1v) is 13.7.